The Kier molecular flexibility index (Phi) is 3.95. The molecule has 18 heavy (non-hydrogen) atoms. The lowest BCUT2D eigenvalue weighted by Gasteiger charge is -2.58. The van der Waals surface area contributed by atoms with Gasteiger partial charge in [-0.1, -0.05) is 32.1 Å². The number of nitrogens with one attached hydrogen (secondary N) is 1. The maximum absolute atomic E-state index is 6.03. The lowest BCUT2D eigenvalue weighted by atomic mass is 9.55. The van der Waals surface area contributed by atoms with Gasteiger partial charge in [-0.25, -0.2) is 0 Å². The summed E-state index contributed by atoms with van der Waals surface area (Å²) < 4.78 is 6.03. The predicted octanol–water partition coefficient (Wildman–Crippen LogP) is 3.65. The Labute approximate surface area is 112 Å². The fourth-order valence-corrected chi connectivity index (χ4v) is 4.67. The van der Waals surface area contributed by atoms with Gasteiger partial charge in [-0.05, 0) is 39.0 Å². The topological polar surface area (TPSA) is 21.3 Å². The average molecular weight is 251 g/mol. The van der Waals surface area contributed by atoms with Gasteiger partial charge in [0.1, 0.15) is 0 Å². The van der Waals surface area contributed by atoms with E-state index in [2.05, 4.69) is 12.2 Å². The molecule has 0 saturated heterocycles. The molecule has 1 N–H and O–H groups in total. The van der Waals surface area contributed by atoms with Crippen molar-refractivity contribution in [1.29, 1.82) is 0 Å². The molecule has 2 atom stereocenters. The lowest BCUT2D eigenvalue weighted by Crippen LogP contribution is -2.65. The number of hydrogen-bond acceptors (Lipinski definition) is 2. The molecule has 3 aliphatic rings. The van der Waals surface area contributed by atoms with E-state index in [0.29, 0.717) is 11.5 Å². The normalized spacial score (nSPS) is 35.8. The van der Waals surface area contributed by atoms with Gasteiger partial charge in [-0.2, -0.15) is 0 Å². The summed E-state index contributed by atoms with van der Waals surface area (Å²) >= 11 is 0. The van der Waals surface area contributed by atoms with Gasteiger partial charge in [0.05, 0.1) is 6.10 Å². The predicted molar refractivity (Wildman–Crippen MR) is 74.7 cm³/mol. The molecule has 2 nitrogen and oxygen atoms in total. The Morgan fingerprint density at radius 1 is 1.06 bits per heavy atom. The summed E-state index contributed by atoms with van der Waals surface area (Å²) in [6.45, 7) is 3.04. The van der Waals surface area contributed by atoms with Crippen molar-refractivity contribution in [3.63, 3.8) is 0 Å². The van der Waals surface area contributed by atoms with Gasteiger partial charge in [0.25, 0.3) is 0 Å². The highest BCUT2D eigenvalue weighted by atomic mass is 16.5. The average Bonchev–Trinajstić information content (AvgIpc) is 2.92. The van der Waals surface area contributed by atoms with Crippen LogP contribution in [0.3, 0.4) is 0 Å². The monoisotopic (exact) mass is 251 g/mol. The Bertz CT molecular complexity index is 266. The molecule has 0 aromatic rings. The number of rotatable bonds is 4. The molecule has 3 rings (SSSR count). The van der Waals surface area contributed by atoms with Gasteiger partial charge < -0.3 is 10.1 Å². The van der Waals surface area contributed by atoms with Crippen molar-refractivity contribution in [3.8, 4) is 0 Å². The van der Waals surface area contributed by atoms with Crippen LogP contribution in [0.4, 0.5) is 0 Å². The van der Waals surface area contributed by atoms with Crippen molar-refractivity contribution in [1.82, 2.24) is 5.32 Å². The highest BCUT2D eigenvalue weighted by Gasteiger charge is 2.55. The molecule has 0 aliphatic heterocycles. The van der Waals surface area contributed by atoms with Gasteiger partial charge >= 0.3 is 0 Å². The summed E-state index contributed by atoms with van der Waals surface area (Å²) in [4.78, 5) is 0. The van der Waals surface area contributed by atoms with Gasteiger partial charge in [-0.3, -0.25) is 0 Å². The highest BCUT2D eigenvalue weighted by Crippen LogP contribution is 2.53. The summed E-state index contributed by atoms with van der Waals surface area (Å²) in [5.74, 6) is 0. The number of ether oxygens (including phenoxy) is 1. The van der Waals surface area contributed by atoms with Gasteiger partial charge in [0.15, 0.2) is 0 Å². The van der Waals surface area contributed by atoms with Crippen LogP contribution in [0.25, 0.3) is 0 Å². The Balaban J connectivity index is 1.62. The molecule has 0 radical (unpaired) electrons. The van der Waals surface area contributed by atoms with Crippen molar-refractivity contribution >= 4 is 0 Å². The molecule has 0 bridgehead atoms. The first-order chi connectivity index (χ1) is 8.85. The Morgan fingerprint density at radius 2 is 1.78 bits per heavy atom. The molecule has 0 heterocycles. The Hall–Kier alpha value is -0.0800. The quantitative estimate of drug-likeness (QED) is 0.823. The third-order valence-electron chi connectivity index (χ3n) is 5.73. The molecule has 2 unspecified atom stereocenters. The zero-order valence-corrected chi connectivity index (χ0v) is 11.9. The molecule has 3 fully saturated rings. The minimum atomic E-state index is 0.511. The van der Waals surface area contributed by atoms with Crippen LogP contribution in [0, 0.1) is 5.41 Å². The first kappa shape index (κ1) is 12.9. The van der Waals surface area contributed by atoms with E-state index in [9.17, 15) is 0 Å². The van der Waals surface area contributed by atoms with E-state index >= 15 is 0 Å². The fraction of sp³-hybridized carbons (Fsp3) is 1.00. The minimum absolute atomic E-state index is 0.511. The van der Waals surface area contributed by atoms with E-state index in [0.717, 1.165) is 18.7 Å². The molecular weight excluding hydrogens is 222 g/mol. The second kappa shape index (κ2) is 5.50. The van der Waals surface area contributed by atoms with Gasteiger partial charge in [0.2, 0.25) is 0 Å². The molecule has 3 saturated carbocycles. The molecule has 1 spiro atoms. The summed E-state index contributed by atoms with van der Waals surface area (Å²) in [6.07, 6.45) is 14.6. The third kappa shape index (κ3) is 2.22. The second-order valence-electron chi connectivity index (χ2n) is 6.67. The van der Waals surface area contributed by atoms with Crippen molar-refractivity contribution in [2.75, 3.05) is 6.61 Å². The maximum atomic E-state index is 6.03. The van der Waals surface area contributed by atoms with Gasteiger partial charge in [0, 0.05) is 24.1 Å². The van der Waals surface area contributed by atoms with Crippen molar-refractivity contribution in [3.05, 3.63) is 0 Å². The molecular formula is C16H29NO. The standard InChI is InChI=1S/C16H29NO/c1-2-18-15-12-14(17-13-8-4-5-9-13)16(15)10-6-3-7-11-16/h13-15,17H,2-12H2,1H3. The van der Waals surface area contributed by atoms with Crippen LogP contribution in [0.2, 0.25) is 0 Å². The van der Waals surface area contributed by atoms with Crippen LogP contribution in [0.1, 0.15) is 71.1 Å². The van der Waals surface area contributed by atoms with Crippen molar-refractivity contribution in [2.45, 2.75) is 89.3 Å². The van der Waals surface area contributed by atoms with Crippen LogP contribution in [-0.4, -0.2) is 24.8 Å². The molecule has 2 heteroatoms. The largest absolute Gasteiger partial charge is 0.378 e. The Morgan fingerprint density at radius 3 is 2.44 bits per heavy atom. The smallest absolute Gasteiger partial charge is 0.0661 e. The molecule has 3 aliphatic carbocycles. The highest BCUT2D eigenvalue weighted by molar-refractivity contribution is 5.09. The van der Waals surface area contributed by atoms with Crippen LogP contribution in [0.15, 0.2) is 0 Å². The SMILES string of the molecule is CCOC1CC(NC2CCCC2)C12CCCCC2. The summed E-state index contributed by atoms with van der Waals surface area (Å²) in [5, 5.41) is 3.98. The first-order valence-electron chi connectivity index (χ1n) is 8.23. The molecule has 104 valence electrons. The minimum Gasteiger partial charge on any atom is -0.378 e. The fourth-order valence-electron chi connectivity index (χ4n) is 4.67. The van der Waals surface area contributed by atoms with Gasteiger partial charge in [-0.15, -0.1) is 0 Å². The van der Waals surface area contributed by atoms with Crippen LogP contribution < -0.4 is 5.32 Å². The summed E-state index contributed by atoms with van der Waals surface area (Å²) in [5.41, 5.74) is 0.511. The first-order valence-corrected chi connectivity index (χ1v) is 8.23. The zero-order chi connectivity index (χ0) is 12.4. The van der Waals surface area contributed by atoms with Crippen LogP contribution in [-0.2, 0) is 4.74 Å². The van der Waals surface area contributed by atoms with Crippen molar-refractivity contribution < 1.29 is 4.74 Å². The third-order valence-corrected chi connectivity index (χ3v) is 5.73. The van der Waals surface area contributed by atoms with E-state index in [1.807, 2.05) is 0 Å². The van der Waals surface area contributed by atoms with Crippen LogP contribution in [0.5, 0.6) is 0 Å². The van der Waals surface area contributed by atoms with E-state index in [1.54, 1.807) is 0 Å². The van der Waals surface area contributed by atoms with E-state index in [-0.39, 0.29) is 0 Å². The van der Waals surface area contributed by atoms with Crippen LogP contribution >= 0.6 is 0 Å². The second-order valence-corrected chi connectivity index (χ2v) is 6.67. The maximum Gasteiger partial charge on any atom is 0.0661 e. The lowest BCUT2D eigenvalue weighted by molar-refractivity contribution is -0.152. The van der Waals surface area contributed by atoms with E-state index in [4.69, 9.17) is 4.74 Å². The summed E-state index contributed by atoms with van der Waals surface area (Å²) in [6, 6.07) is 1.58. The van der Waals surface area contributed by atoms with E-state index in [1.165, 1.54) is 64.2 Å². The van der Waals surface area contributed by atoms with E-state index < -0.39 is 0 Å². The number of hydrogen-bond donors (Lipinski definition) is 1. The molecule has 0 aromatic carbocycles. The molecule has 0 aromatic heterocycles. The molecule has 0 amide bonds. The van der Waals surface area contributed by atoms with Crippen molar-refractivity contribution in [2.24, 2.45) is 5.41 Å². The zero-order valence-electron chi connectivity index (χ0n) is 11.9. The summed E-state index contributed by atoms with van der Waals surface area (Å²) in [7, 11) is 0.